The molecule has 3 amide bonds. The van der Waals surface area contributed by atoms with Crippen LogP contribution in [0.1, 0.15) is 47.9 Å². The second kappa shape index (κ2) is 7.90. The van der Waals surface area contributed by atoms with Crippen molar-refractivity contribution in [2.75, 3.05) is 26.2 Å². The van der Waals surface area contributed by atoms with E-state index in [1.54, 1.807) is 15.9 Å². The van der Waals surface area contributed by atoms with Gasteiger partial charge in [-0.25, -0.2) is 0 Å². The summed E-state index contributed by atoms with van der Waals surface area (Å²) < 4.78 is 0. The molecule has 0 saturated carbocycles. The van der Waals surface area contributed by atoms with E-state index in [0.717, 1.165) is 6.42 Å². The van der Waals surface area contributed by atoms with Crippen LogP contribution in [-0.4, -0.2) is 64.7 Å². The van der Waals surface area contributed by atoms with Crippen LogP contribution in [0.3, 0.4) is 0 Å². The Morgan fingerprint density at radius 2 is 1.71 bits per heavy atom. The monoisotopic (exact) mass is 332 g/mol. The smallest absolute Gasteiger partial charge is 0.255 e. The maximum absolute atomic E-state index is 12.6. The average Bonchev–Trinajstić information content (AvgIpc) is 2.61. The van der Waals surface area contributed by atoms with Crippen molar-refractivity contribution in [1.29, 1.82) is 0 Å². The van der Waals surface area contributed by atoms with Crippen molar-refractivity contribution in [3.8, 4) is 0 Å². The Bertz CT molecular complexity index is 624. The van der Waals surface area contributed by atoms with Gasteiger partial charge in [0.15, 0.2) is 0 Å². The zero-order valence-corrected chi connectivity index (χ0v) is 14.4. The highest BCUT2D eigenvalue weighted by atomic mass is 16.2. The number of nitrogens with zero attached hydrogens (tertiary/aromatic N) is 3. The van der Waals surface area contributed by atoms with E-state index >= 15 is 0 Å². The molecule has 1 saturated heterocycles. The lowest BCUT2D eigenvalue weighted by Crippen LogP contribution is -2.50. The Morgan fingerprint density at radius 1 is 1.12 bits per heavy atom. The van der Waals surface area contributed by atoms with E-state index in [9.17, 15) is 14.4 Å². The third-order valence-electron chi connectivity index (χ3n) is 4.25. The molecule has 0 spiro atoms. The van der Waals surface area contributed by atoms with Gasteiger partial charge < -0.3 is 15.1 Å². The normalized spacial score (nSPS) is 15.8. The molecular formula is C17H24N4O3. The van der Waals surface area contributed by atoms with Crippen LogP contribution in [0.4, 0.5) is 0 Å². The van der Waals surface area contributed by atoms with Gasteiger partial charge in [-0.05, 0) is 19.4 Å². The Morgan fingerprint density at radius 3 is 2.29 bits per heavy atom. The summed E-state index contributed by atoms with van der Waals surface area (Å²) in [6, 6.07) is 1.64. The molecule has 0 aromatic carbocycles. The lowest BCUT2D eigenvalue weighted by molar-refractivity contribution is -0.130. The lowest BCUT2D eigenvalue weighted by Gasteiger charge is -2.34. The van der Waals surface area contributed by atoms with Crippen molar-refractivity contribution in [2.45, 2.75) is 33.2 Å². The number of piperazine rings is 1. The Kier molecular flexibility index (Phi) is 5.89. The molecule has 1 N–H and O–H groups in total. The van der Waals surface area contributed by atoms with Gasteiger partial charge in [0.1, 0.15) is 0 Å². The second-order valence-corrected chi connectivity index (χ2v) is 6.04. The number of pyridine rings is 1. The number of hydrogen-bond donors (Lipinski definition) is 1. The minimum absolute atomic E-state index is 0.0208. The zero-order valence-electron chi connectivity index (χ0n) is 14.4. The fraction of sp³-hybridized carbons (Fsp3) is 0.529. The standard InChI is InChI=1S/C17H24N4O3/c1-4-12(2)19-16(23)14-9-15(11-18-10-14)17(24)21-7-5-20(6-8-21)13(3)22/h9-12H,4-8H2,1-3H3,(H,19,23). The molecule has 2 heterocycles. The molecular weight excluding hydrogens is 308 g/mol. The first-order valence-electron chi connectivity index (χ1n) is 8.23. The molecule has 0 bridgehead atoms. The van der Waals surface area contributed by atoms with Crippen molar-refractivity contribution in [3.05, 3.63) is 29.6 Å². The van der Waals surface area contributed by atoms with Gasteiger partial charge >= 0.3 is 0 Å². The summed E-state index contributed by atoms with van der Waals surface area (Å²) in [5.74, 6) is -0.371. The van der Waals surface area contributed by atoms with E-state index in [2.05, 4.69) is 10.3 Å². The molecule has 0 radical (unpaired) electrons. The predicted octanol–water partition coefficient (Wildman–Crippen LogP) is 0.914. The first kappa shape index (κ1) is 17.9. The number of aromatic nitrogens is 1. The summed E-state index contributed by atoms with van der Waals surface area (Å²) in [5.41, 5.74) is 0.770. The SMILES string of the molecule is CCC(C)NC(=O)c1cncc(C(=O)N2CCN(C(C)=O)CC2)c1. The van der Waals surface area contributed by atoms with Gasteiger partial charge in [-0.2, -0.15) is 0 Å². The molecule has 2 rings (SSSR count). The molecule has 1 aliphatic rings. The molecule has 7 heteroatoms. The van der Waals surface area contributed by atoms with Crippen LogP contribution in [0, 0.1) is 0 Å². The minimum Gasteiger partial charge on any atom is -0.350 e. The quantitative estimate of drug-likeness (QED) is 0.888. The molecule has 0 aliphatic carbocycles. The first-order chi connectivity index (χ1) is 11.4. The van der Waals surface area contributed by atoms with Gasteiger partial charge in [0.05, 0.1) is 11.1 Å². The fourth-order valence-electron chi connectivity index (χ4n) is 2.50. The Labute approximate surface area is 142 Å². The molecule has 24 heavy (non-hydrogen) atoms. The average molecular weight is 332 g/mol. The molecule has 1 atom stereocenters. The number of hydrogen-bond acceptors (Lipinski definition) is 4. The van der Waals surface area contributed by atoms with Gasteiger partial charge in [0, 0.05) is 51.5 Å². The predicted molar refractivity (Wildman–Crippen MR) is 89.6 cm³/mol. The van der Waals surface area contributed by atoms with Gasteiger partial charge in [-0.3, -0.25) is 19.4 Å². The number of carbonyl (C=O) groups is 3. The van der Waals surface area contributed by atoms with Crippen molar-refractivity contribution in [2.24, 2.45) is 0 Å². The fourth-order valence-corrected chi connectivity index (χ4v) is 2.50. The molecule has 1 aliphatic heterocycles. The van der Waals surface area contributed by atoms with Crippen molar-refractivity contribution in [3.63, 3.8) is 0 Å². The van der Waals surface area contributed by atoms with Crippen molar-refractivity contribution < 1.29 is 14.4 Å². The summed E-state index contributed by atoms with van der Waals surface area (Å²) in [4.78, 5) is 43.5. The van der Waals surface area contributed by atoms with E-state index in [-0.39, 0.29) is 23.8 Å². The Hall–Kier alpha value is -2.44. The van der Waals surface area contributed by atoms with Gasteiger partial charge in [0.2, 0.25) is 5.91 Å². The number of nitrogens with one attached hydrogen (secondary N) is 1. The number of carbonyl (C=O) groups excluding carboxylic acids is 3. The largest absolute Gasteiger partial charge is 0.350 e. The van der Waals surface area contributed by atoms with E-state index < -0.39 is 0 Å². The van der Waals surface area contributed by atoms with Crippen LogP contribution in [0.5, 0.6) is 0 Å². The molecule has 1 aromatic rings. The molecule has 130 valence electrons. The van der Waals surface area contributed by atoms with Gasteiger partial charge in [-0.1, -0.05) is 6.92 Å². The van der Waals surface area contributed by atoms with Gasteiger partial charge in [0.25, 0.3) is 11.8 Å². The molecule has 1 fully saturated rings. The van der Waals surface area contributed by atoms with Crippen molar-refractivity contribution >= 4 is 17.7 Å². The third-order valence-corrected chi connectivity index (χ3v) is 4.25. The van der Waals surface area contributed by atoms with E-state index in [4.69, 9.17) is 0 Å². The summed E-state index contributed by atoms with van der Waals surface area (Å²) in [5, 5.41) is 2.86. The topological polar surface area (TPSA) is 82.6 Å². The number of amides is 3. The van der Waals surface area contributed by atoms with Crippen LogP contribution >= 0.6 is 0 Å². The maximum atomic E-state index is 12.6. The van der Waals surface area contributed by atoms with E-state index in [1.807, 2.05) is 13.8 Å². The highest BCUT2D eigenvalue weighted by Crippen LogP contribution is 2.10. The van der Waals surface area contributed by atoms with Crippen LogP contribution < -0.4 is 5.32 Å². The van der Waals surface area contributed by atoms with Crippen LogP contribution in [0.2, 0.25) is 0 Å². The zero-order chi connectivity index (χ0) is 17.7. The summed E-state index contributed by atoms with van der Waals surface area (Å²) in [7, 11) is 0. The maximum Gasteiger partial charge on any atom is 0.255 e. The lowest BCUT2D eigenvalue weighted by atomic mass is 10.1. The molecule has 7 nitrogen and oxygen atoms in total. The summed E-state index contributed by atoms with van der Waals surface area (Å²) in [6.07, 6.45) is 3.76. The molecule has 1 aromatic heterocycles. The van der Waals surface area contributed by atoms with E-state index in [1.165, 1.54) is 19.3 Å². The van der Waals surface area contributed by atoms with Gasteiger partial charge in [-0.15, -0.1) is 0 Å². The Balaban J connectivity index is 2.04. The molecule has 1 unspecified atom stereocenters. The highest BCUT2D eigenvalue weighted by Gasteiger charge is 2.24. The van der Waals surface area contributed by atoms with Crippen LogP contribution in [0.15, 0.2) is 18.5 Å². The van der Waals surface area contributed by atoms with Crippen LogP contribution in [0.25, 0.3) is 0 Å². The van der Waals surface area contributed by atoms with Crippen LogP contribution in [-0.2, 0) is 4.79 Å². The summed E-state index contributed by atoms with van der Waals surface area (Å²) >= 11 is 0. The third kappa shape index (κ3) is 4.31. The highest BCUT2D eigenvalue weighted by molar-refractivity contribution is 5.99. The first-order valence-corrected chi connectivity index (χ1v) is 8.23. The second-order valence-electron chi connectivity index (χ2n) is 6.04. The minimum atomic E-state index is -0.229. The van der Waals surface area contributed by atoms with Crippen molar-refractivity contribution in [1.82, 2.24) is 20.1 Å². The van der Waals surface area contributed by atoms with E-state index in [0.29, 0.717) is 37.3 Å². The number of rotatable bonds is 4. The summed E-state index contributed by atoms with van der Waals surface area (Å²) in [6.45, 7) is 7.48.